The van der Waals surface area contributed by atoms with E-state index in [2.05, 4.69) is 41.5 Å². The van der Waals surface area contributed by atoms with E-state index in [9.17, 15) is 0 Å². The molecule has 1 aromatic carbocycles. The fourth-order valence-corrected chi connectivity index (χ4v) is 4.13. The van der Waals surface area contributed by atoms with Gasteiger partial charge in [0.05, 0.1) is 19.3 Å². The molecule has 1 atom stereocenters. The zero-order valence-electron chi connectivity index (χ0n) is 18.8. The molecule has 2 heterocycles. The number of benzene rings is 1. The number of halogens is 1. The lowest BCUT2D eigenvalue weighted by atomic mass is 9.96. The molecule has 2 N–H and O–H groups in total. The van der Waals surface area contributed by atoms with Gasteiger partial charge in [0, 0.05) is 26.2 Å². The molecule has 170 valence electrons. The Morgan fingerprint density at radius 3 is 2.57 bits per heavy atom. The lowest BCUT2D eigenvalue weighted by Crippen LogP contribution is -2.43. The monoisotopic (exact) mass is 530 g/mol. The second kappa shape index (κ2) is 12.7. The molecular formula is C23H39IN4O2. The van der Waals surface area contributed by atoms with Gasteiger partial charge in [-0.1, -0.05) is 12.1 Å². The van der Waals surface area contributed by atoms with Crippen molar-refractivity contribution in [1.82, 2.24) is 15.5 Å². The Labute approximate surface area is 199 Å². The molecule has 1 aromatic rings. The van der Waals surface area contributed by atoms with Crippen LogP contribution < -0.4 is 15.4 Å². The maximum absolute atomic E-state index is 5.86. The van der Waals surface area contributed by atoms with Crippen molar-refractivity contribution in [2.24, 2.45) is 10.9 Å². The van der Waals surface area contributed by atoms with Gasteiger partial charge in [-0.15, -0.1) is 24.0 Å². The standard InChI is InChI=1S/C23H38N4O2.HI/c1-4-24-22(26-18-23(2)12-5-15-29-23)25-16-19-10-13-27(14-11-19)17-20-6-8-21(28-3)9-7-20;/h6-9,19H,4-5,10-18H2,1-3H3,(H2,24,25,26);1H. The minimum absolute atomic E-state index is 0. The van der Waals surface area contributed by atoms with E-state index in [1.54, 1.807) is 7.11 Å². The van der Waals surface area contributed by atoms with E-state index in [-0.39, 0.29) is 29.6 Å². The molecule has 2 fully saturated rings. The Hall–Kier alpha value is -1.06. The SMILES string of the molecule is CCNC(=NCC1(C)CCCO1)NCC1CCN(Cc2ccc(OC)cc2)CC1.I. The maximum Gasteiger partial charge on any atom is 0.191 e. The van der Waals surface area contributed by atoms with Crippen LogP contribution in [0.25, 0.3) is 0 Å². The molecule has 0 spiro atoms. The predicted octanol–water partition coefficient (Wildman–Crippen LogP) is 3.65. The lowest BCUT2D eigenvalue weighted by molar-refractivity contribution is 0.0283. The molecule has 1 unspecified atom stereocenters. The van der Waals surface area contributed by atoms with Crippen molar-refractivity contribution in [2.75, 3.05) is 46.4 Å². The highest BCUT2D eigenvalue weighted by Crippen LogP contribution is 2.25. The second-order valence-electron chi connectivity index (χ2n) is 8.55. The van der Waals surface area contributed by atoms with Crippen molar-refractivity contribution in [3.8, 4) is 5.75 Å². The van der Waals surface area contributed by atoms with E-state index in [1.807, 2.05) is 12.1 Å². The molecule has 2 saturated heterocycles. The van der Waals surface area contributed by atoms with Crippen LogP contribution in [0.5, 0.6) is 5.75 Å². The molecule has 7 heteroatoms. The van der Waals surface area contributed by atoms with E-state index in [4.69, 9.17) is 14.5 Å². The normalized spacial score (nSPS) is 23.1. The Morgan fingerprint density at radius 1 is 1.23 bits per heavy atom. The van der Waals surface area contributed by atoms with Gasteiger partial charge in [-0.05, 0) is 76.2 Å². The number of aliphatic imine (C=N–C) groups is 1. The van der Waals surface area contributed by atoms with Gasteiger partial charge < -0.3 is 20.1 Å². The van der Waals surface area contributed by atoms with Crippen LogP contribution in [0.4, 0.5) is 0 Å². The van der Waals surface area contributed by atoms with E-state index in [0.717, 1.165) is 70.4 Å². The number of ether oxygens (including phenoxy) is 2. The number of likely N-dealkylation sites (tertiary alicyclic amines) is 1. The molecule has 3 rings (SSSR count). The number of piperidine rings is 1. The van der Waals surface area contributed by atoms with Crippen molar-refractivity contribution in [3.05, 3.63) is 29.8 Å². The van der Waals surface area contributed by atoms with Gasteiger partial charge >= 0.3 is 0 Å². The van der Waals surface area contributed by atoms with Gasteiger partial charge in [-0.2, -0.15) is 0 Å². The van der Waals surface area contributed by atoms with Crippen LogP contribution in [0.15, 0.2) is 29.3 Å². The van der Waals surface area contributed by atoms with Gasteiger partial charge in [0.1, 0.15) is 5.75 Å². The Balaban J connectivity index is 0.00000320. The minimum Gasteiger partial charge on any atom is -0.497 e. The highest BCUT2D eigenvalue weighted by atomic mass is 127. The predicted molar refractivity (Wildman–Crippen MR) is 134 cm³/mol. The molecule has 2 aliphatic heterocycles. The summed E-state index contributed by atoms with van der Waals surface area (Å²) in [5.41, 5.74) is 1.27. The number of nitrogens with zero attached hydrogens (tertiary/aromatic N) is 2. The van der Waals surface area contributed by atoms with Gasteiger partial charge in [0.25, 0.3) is 0 Å². The van der Waals surface area contributed by atoms with Crippen molar-refractivity contribution in [2.45, 2.75) is 51.7 Å². The first-order chi connectivity index (χ1) is 14.1. The quantitative estimate of drug-likeness (QED) is 0.306. The van der Waals surface area contributed by atoms with Gasteiger partial charge in [-0.25, -0.2) is 0 Å². The number of nitrogens with one attached hydrogen (secondary N) is 2. The summed E-state index contributed by atoms with van der Waals surface area (Å²) in [4.78, 5) is 7.34. The summed E-state index contributed by atoms with van der Waals surface area (Å²) in [5, 5.41) is 6.94. The summed E-state index contributed by atoms with van der Waals surface area (Å²) in [7, 11) is 1.71. The molecule has 0 aromatic heterocycles. The van der Waals surface area contributed by atoms with Crippen LogP contribution in [-0.2, 0) is 11.3 Å². The summed E-state index contributed by atoms with van der Waals surface area (Å²) in [6.07, 6.45) is 4.69. The van der Waals surface area contributed by atoms with E-state index < -0.39 is 0 Å². The van der Waals surface area contributed by atoms with Crippen LogP contribution in [0, 0.1) is 5.92 Å². The molecule has 0 radical (unpaired) electrons. The topological polar surface area (TPSA) is 58.1 Å². The largest absolute Gasteiger partial charge is 0.497 e. The number of hydrogen-bond acceptors (Lipinski definition) is 4. The molecule has 6 nitrogen and oxygen atoms in total. The number of rotatable bonds is 8. The van der Waals surface area contributed by atoms with Crippen LogP contribution in [0.3, 0.4) is 0 Å². The zero-order valence-corrected chi connectivity index (χ0v) is 21.1. The third kappa shape index (κ3) is 7.89. The van der Waals surface area contributed by atoms with Crippen LogP contribution >= 0.6 is 24.0 Å². The number of methoxy groups -OCH3 is 1. The maximum atomic E-state index is 5.86. The van der Waals surface area contributed by atoms with Crippen LogP contribution in [0.1, 0.15) is 45.1 Å². The summed E-state index contributed by atoms with van der Waals surface area (Å²) in [5.74, 6) is 2.54. The molecule has 2 aliphatic rings. The highest BCUT2D eigenvalue weighted by Gasteiger charge is 2.29. The van der Waals surface area contributed by atoms with Gasteiger partial charge in [-0.3, -0.25) is 9.89 Å². The fraction of sp³-hybridized carbons (Fsp3) is 0.696. The summed E-state index contributed by atoms with van der Waals surface area (Å²) >= 11 is 0. The van der Waals surface area contributed by atoms with Crippen molar-refractivity contribution in [1.29, 1.82) is 0 Å². The van der Waals surface area contributed by atoms with Gasteiger partial charge in [0.15, 0.2) is 5.96 Å². The van der Waals surface area contributed by atoms with Crippen molar-refractivity contribution in [3.63, 3.8) is 0 Å². The Kier molecular flexibility index (Phi) is 10.7. The lowest BCUT2D eigenvalue weighted by Gasteiger charge is -2.32. The summed E-state index contributed by atoms with van der Waals surface area (Å²) < 4.78 is 11.1. The van der Waals surface area contributed by atoms with E-state index in [1.165, 1.54) is 18.4 Å². The van der Waals surface area contributed by atoms with Crippen molar-refractivity contribution >= 4 is 29.9 Å². The van der Waals surface area contributed by atoms with E-state index in [0.29, 0.717) is 5.92 Å². The average Bonchev–Trinajstić information content (AvgIpc) is 3.18. The van der Waals surface area contributed by atoms with Crippen LogP contribution in [0.2, 0.25) is 0 Å². The first-order valence-corrected chi connectivity index (χ1v) is 11.1. The zero-order chi connectivity index (χ0) is 20.5. The molecule has 0 saturated carbocycles. The smallest absolute Gasteiger partial charge is 0.191 e. The first-order valence-electron chi connectivity index (χ1n) is 11.1. The van der Waals surface area contributed by atoms with Crippen molar-refractivity contribution < 1.29 is 9.47 Å². The number of hydrogen-bond donors (Lipinski definition) is 2. The number of guanidine groups is 1. The summed E-state index contributed by atoms with van der Waals surface area (Å²) in [6, 6.07) is 8.43. The van der Waals surface area contributed by atoms with Crippen LogP contribution in [-0.4, -0.2) is 62.9 Å². The minimum atomic E-state index is -0.0881. The first kappa shape index (κ1) is 25.2. The highest BCUT2D eigenvalue weighted by molar-refractivity contribution is 14.0. The third-order valence-corrected chi connectivity index (χ3v) is 6.05. The Morgan fingerprint density at radius 2 is 1.97 bits per heavy atom. The van der Waals surface area contributed by atoms with E-state index >= 15 is 0 Å². The molecule has 0 bridgehead atoms. The summed E-state index contributed by atoms with van der Waals surface area (Å²) in [6.45, 7) is 11.1. The molecule has 30 heavy (non-hydrogen) atoms. The Bertz CT molecular complexity index is 639. The molecule has 0 amide bonds. The fourth-order valence-electron chi connectivity index (χ4n) is 4.13. The van der Waals surface area contributed by atoms with Gasteiger partial charge in [0.2, 0.25) is 0 Å². The second-order valence-corrected chi connectivity index (χ2v) is 8.55. The molecular weight excluding hydrogens is 491 g/mol. The average molecular weight is 530 g/mol. The molecule has 0 aliphatic carbocycles. The third-order valence-electron chi connectivity index (χ3n) is 6.05.